The van der Waals surface area contributed by atoms with E-state index in [1.165, 1.54) is 11.1 Å². The maximum Gasteiger partial charge on any atom is 0.238 e. The molecule has 4 aromatic carbocycles. The summed E-state index contributed by atoms with van der Waals surface area (Å²) in [5, 5.41) is -0.271. The van der Waals surface area contributed by atoms with Crippen molar-refractivity contribution in [2.75, 3.05) is 49.7 Å². The molecular formula is C36H36N2O6S2. The van der Waals surface area contributed by atoms with Crippen molar-refractivity contribution in [3.63, 3.8) is 0 Å². The van der Waals surface area contributed by atoms with Crippen LogP contribution in [0, 0.1) is 0 Å². The Kier molecular flexibility index (Phi) is 9.65. The first-order valence-electron chi connectivity index (χ1n) is 14.9. The molecule has 0 N–H and O–H groups in total. The number of aryl methyl sites for hydroxylation is 2. The molecule has 2 amide bonds. The topological polar surface area (TPSA) is 77.5 Å². The summed E-state index contributed by atoms with van der Waals surface area (Å²) in [7, 11) is 6.46. The Morgan fingerprint density at radius 1 is 0.543 bits per heavy atom. The van der Waals surface area contributed by atoms with Crippen LogP contribution in [0.15, 0.2) is 84.9 Å². The van der Waals surface area contributed by atoms with E-state index in [1.54, 1.807) is 52.0 Å². The average Bonchev–Trinajstić information content (AvgIpc) is 3.69. The summed E-state index contributed by atoms with van der Waals surface area (Å²) >= 11 is 3.21. The van der Waals surface area contributed by atoms with Gasteiger partial charge in [-0.2, -0.15) is 0 Å². The Labute approximate surface area is 278 Å². The standard InChI is InChI=1S/C36H36N2O6S2/c1-41-29-17-11-25(19-31(29)43-3)35-37(33(39)21-45-35)27-13-7-23(8-14-27)5-6-24-9-15-28(16-10-24)38-34(40)22-46-36(38)26-12-18-30(42-2)32(20-26)44-4/h7-20,35-36H,5-6,21-22H2,1-4H3/t35-,36-/m0/s1. The highest BCUT2D eigenvalue weighted by atomic mass is 32.2. The van der Waals surface area contributed by atoms with E-state index in [1.807, 2.05) is 70.5 Å². The Balaban J connectivity index is 1.11. The Bertz CT molecular complexity index is 1590. The number of hydrogen-bond donors (Lipinski definition) is 0. The number of hydrogen-bond acceptors (Lipinski definition) is 8. The molecule has 2 atom stereocenters. The smallest absolute Gasteiger partial charge is 0.238 e. The van der Waals surface area contributed by atoms with Crippen LogP contribution in [0.25, 0.3) is 0 Å². The minimum atomic E-state index is -0.135. The maximum atomic E-state index is 12.9. The lowest BCUT2D eigenvalue weighted by Crippen LogP contribution is -2.27. The number of amides is 2. The van der Waals surface area contributed by atoms with Gasteiger partial charge in [-0.05, 0) is 83.6 Å². The molecule has 4 aromatic rings. The molecule has 6 rings (SSSR count). The summed E-state index contributed by atoms with van der Waals surface area (Å²) < 4.78 is 21.8. The van der Waals surface area contributed by atoms with Gasteiger partial charge in [-0.1, -0.05) is 36.4 Å². The van der Waals surface area contributed by atoms with Crippen LogP contribution in [-0.4, -0.2) is 51.8 Å². The van der Waals surface area contributed by atoms with Gasteiger partial charge in [-0.3, -0.25) is 19.4 Å². The first-order chi connectivity index (χ1) is 22.4. The molecule has 2 saturated heterocycles. The number of carbonyl (C=O) groups excluding carboxylic acids is 2. The SMILES string of the molecule is COc1ccc([C@@H]2SCC(=O)N2c2ccc(CCc3ccc(N4C(=O)CS[C@H]4c4ccc(OC)c(OC)c4)cc3)cc2)cc1OC. The number of benzene rings is 4. The van der Waals surface area contributed by atoms with Crippen molar-refractivity contribution < 1.29 is 28.5 Å². The Morgan fingerprint density at radius 3 is 1.26 bits per heavy atom. The van der Waals surface area contributed by atoms with E-state index < -0.39 is 0 Å². The summed E-state index contributed by atoms with van der Waals surface area (Å²) in [5.74, 6) is 3.63. The lowest BCUT2D eigenvalue weighted by molar-refractivity contribution is -0.116. The van der Waals surface area contributed by atoms with Crippen LogP contribution < -0.4 is 28.7 Å². The van der Waals surface area contributed by atoms with Gasteiger partial charge in [-0.25, -0.2) is 0 Å². The molecule has 0 radical (unpaired) electrons. The largest absolute Gasteiger partial charge is 0.493 e. The van der Waals surface area contributed by atoms with E-state index in [-0.39, 0.29) is 22.6 Å². The number of thioether (sulfide) groups is 2. The van der Waals surface area contributed by atoms with Crippen molar-refractivity contribution in [1.82, 2.24) is 0 Å². The van der Waals surface area contributed by atoms with Gasteiger partial charge >= 0.3 is 0 Å². The van der Waals surface area contributed by atoms with Crippen LogP contribution >= 0.6 is 23.5 Å². The van der Waals surface area contributed by atoms with Gasteiger partial charge in [0.05, 0.1) is 39.9 Å². The highest BCUT2D eigenvalue weighted by Gasteiger charge is 2.35. The maximum absolute atomic E-state index is 12.9. The summed E-state index contributed by atoms with van der Waals surface area (Å²) in [6.45, 7) is 0. The highest BCUT2D eigenvalue weighted by Crippen LogP contribution is 2.45. The molecule has 0 spiro atoms. The van der Waals surface area contributed by atoms with Crippen LogP contribution in [0.4, 0.5) is 11.4 Å². The summed E-state index contributed by atoms with van der Waals surface area (Å²) in [4.78, 5) is 29.6. The zero-order valence-electron chi connectivity index (χ0n) is 26.2. The molecule has 2 heterocycles. The first kappa shape index (κ1) is 31.7. The zero-order valence-corrected chi connectivity index (χ0v) is 27.9. The van der Waals surface area contributed by atoms with Crippen molar-refractivity contribution in [1.29, 1.82) is 0 Å². The van der Waals surface area contributed by atoms with Gasteiger partial charge in [-0.15, -0.1) is 23.5 Å². The van der Waals surface area contributed by atoms with Crippen molar-refractivity contribution in [2.45, 2.75) is 23.6 Å². The van der Waals surface area contributed by atoms with Crippen LogP contribution in [0.2, 0.25) is 0 Å². The lowest BCUT2D eigenvalue weighted by atomic mass is 10.0. The molecule has 2 fully saturated rings. The second-order valence-electron chi connectivity index (χ2n) is 10.9. The fourth-order valence-electron chi connectivity index (χ4n) is 5.85. The molecule has 8 nitrogen and oxygen atoms in total. The molecule has 0 aliphatic carbocycles. The number of anilines is 2. The molecule has 2 aliphatic heterocycles. The van der Waals surface area contributed by atoms with Gasteiger partial charge in [0, 0.05) is 11.4 Å². The van der Waals surface area contributed by atoms with E-state index in [0.29, 0.717) is 34.5 Å². The first-order valence-corrected chi connectivity index (χ1v) is 17.0. The van der Waals surface area contributed by atoms with Crippen molar-refractivity contribution in [3.8, 4) is 23.0 Å². The number of nitrogens with zero attached hydrogens (tertiary/aromatic N) is 2. The molecule has 0 aromatic heterocycles. The number of ether oxygens (including phenoxy) is 4. The Morgan fingerprint density at radius 2 is 0.913 bits per heavy atom. The van der Waals surface area contributed by atoms with E-state index in [4.69, 9.17) is 18.9 Å². The van der Waals surface area contributed by atoms with Gasteiger partial charge in [0.2, 0.25) is 11.8 Å². The van der Waals surface area contributed by atoms with Crippen molar-refractivity contribution >= 4 is 46.7 Å². The monoisotopic (exact) mass is 656 g/mol. The quantitative estimate of drug-likeness (QED) is 0.170. The molecule has 2 aliphatic rings. The molecule has 10 heteroatoms. The second-order valence-corrected chi connectivity index (χ2v) is 13.1. The molecule has 0 unspecified atom stereocenters. The van der Waals surface area contributed by atoms with Crippen LogP contribution in [-0.2, 0) is 22.4 Å². The Hall–Kier alpha value is -4.28. The summed E-state index contributed by atoms with van der Waals surface area (Å²) in [6, 6.07) is 28.1. The summed E-state index contributed by atoms with van der Waals surface area (Å²) in [6.07, 6.45) is 1.71. The van der Waals surface area contributed by atoms with Crippen LogP contribution in [0.5, 0.6) is 23.0 Å². The number of methoxy groups -OCH3 is 4. The second kappa shape index (κ2) is 14.0. The minimum absolute atomic E-state index is 0.0841. The van der Waals surface area contributed by atoms with E-state index in [0.717, 1.165) is 35.3 Å². The van der Waals surface area contributed by atoms with E-state index in [2.05, 4.69) is 24.3 Å². The van der Waals surface area contributed by atoms with Crippen molar-refractivity contribution in [2.24, 2.45) is 0 Å². The minimum Gasteiger partial charge on any atom is -0.493 e. The highest BCUT2D eigenvalue weighted by molar-refractivity contribution is 8.01. The third-order valence-corrected chi connectivity index (χ3v) is 10.7. The molecule has 46 heavy (non-hydrogen) atoms. The predicted molar refractivity (Wildman–Crippen MR) is 185 cm³/mol. The molecule has 0 bridgehead atoms. The summed E-state index contributed by atoms with van der Waals surface area (Å²) in [5.41, 5.74) is 6.11. The van der Waals surface area contributed by atoms with Gasteiger partial charge in [0.25, 0.3) is 0 Å². The molecule has 0 saturated carbocycles. The van der Waals surface area contributed by atoms with Crippen LogP contribution in [0.1, 0.15) is 33.0 Å². The normalized spacial score (nSPS) is 17.8. The third kappa shape index (κ3) is 6.37. The lowest BCUT2D eigenvalue weighted by Gasteiger charge is -2.25. The van der Waals surface area contributed by atoms with Crippen LogP contribution in [0.3, 0.4) is 0 Å². The average molecular weight is 657 g/mol. The number of rotatable bonds is 11. The predicted octanol–water partition coefficient (Wildman–Crippen LogP) is 7.06. The zero-order chi connectivity index (χ0) is 32.2. The fourth-order valence-corrected chi connectivity index (χ4v) is 8.18. The molecular weight excluding hydrogens is 621 g/mol. The van der Waals surface area contributed by atoms with Crippen molar-refractivity contribution in [3.05, 3.63) is 107 Å². The van der Waals surface area contributed by atoms with Gasteiger partial charge in [0.15, 0.2) is 23.0 Å². The fraction of sp³-hybridized carbons (Fsp3) is 0.278. The van der Waals surface area contributed by atoms with Gasteiger partial charge < -0.3 is 18.9 Å². The molecule has 238 valence electrons. The van der Waals surface area contributed by atoms with E-state index in [9.17, 15) is 9.59 Å². The van der Waals surface area contributed by atoms with Gasteiger partial charge in [0.1, 0.15) is 10.7 Å². The van der Waals surface area contributed by atoms with E-state index >= 15 is 0 Å². The third-order valence-electron chi connectivity index (χ3n) is 8.25. The number of carbonyl (C=O) groups is 2.